The summed E-state index contributed by atoms with van der Waals surface area (Å²) in [6, 6.07) is 0. The van der Waals surface area contributed by atoms with Crippen LogP contribution in [0, 0.1) is 10.8 Å². The smallest absolute Gasteiger partial charge is 0.311 e. The molecule has 0 radical (unpaired) electrons. The van der Waals surface area contributed by atoms with Crippen molar-refractivity contribution in [2.24, 2.45) is 16.6 Å². The van der Waals surface area contributed by atoms with Crippen LogP contribution in [0.2, 0.25) is 0 Å². The van der Waals surface area contributed by atoms with Gasteiger partial charge in [-0.1, -0.05) is 13.8 Å². The van der Waals surface area contributed by atoms with Crippen LogP contribution >= 0.6 is 15.9 Å². The molecule has 0 aromatic rings. The Morgan fingerprint density at radius 3 is 2.32 bits per heavy atom. The maximum absolute atomic E-state index is 12.9. The third-order valence-corrected chi connectivity index (χ3v) is 7.60. The van der Waals surface area contributed by atoms with Gasteiger partial charge in [-0.25, -0.2) is 9.97 Å². The van der Waals surface area contributed by atoms with Gasteiger partial charge in [0.2, 0.25) is 0 Å². The fourth-order valence-corrected chi connectivity index (χ4v) is 4.22. The number of halogens is 1. The topological polar surface area (TPSA) is 182 Å². The quantitative estimate of drug-likeness (QED) is 0.370. The minimum Gasteiger partial charge on any atom is -0.462 e. The highest BCUT2D eigenvalue weighted by Crippen LogP contribution is 2.40. The van der Waals surface area contributed by atoms with Crippen LogP contribution in [0.5, 0.6) is 0 Å². The van der Waals surface area contributed by atoms with Crippen LogP contribution in [0.15, 0.2) is 10.9 Å². The summed E-state index contributed by atoms with van der Waals surface area (Å²) in [6.07, 6.45) is -2.39. The monoisotopic (exact) mass is 583 g/mol. The van der Waals surface area contributed by atoms with Gasteiger partial charge in [0, 0.05) is 0 Å². The van der Waals surface area contributed by atoms with Gasteiger partial charge in [-0.05, 0) is 56.5 Å². The molecule has 0 aliphatic carbocycles. The van der Waals surface area contributed by atoms with Crippen LogP contribution in [0.4, 0.5) is 5.82 Å². The van der Waals surface area contributed by atoms with E-state index in [1.165, 1.54) is 10.9 Å². The van der Waals surface area contributed by atoms with E-state index in [1.807, 2.05) is 13.8 Å². The number of ether oxygens (including phenoxy) is 3. The largest absolute Gasteiger partial charge is 0.462 e. The van der Waals surface area contributed by atoms with Crippen LogP contribution in [0.3, 0.4) is 0 Å². The van der Waals surface area contributed by atoms with Crippen molar-refractivity contribution in [3.8, 4) is 11.4 Å². The van der Waals surface area contributed by atoms with Gasteiger partial charge in [0.25, 0.3) is 5.91 Å². The van der Waals surface area contributed by atoms with Crippen LogP contribution in [-0.2, 0) is 23.8 Å². The average Bonchev–Trinajstić information content (AvgIpc) is 3.35. The van der Waals surface area contributed by atoms with Crippen molar-refractivity contribution in [1.82, 2.24) is 14.5 Å². The summed E-state index contributed by atoms with van der Waals surface area (Å²) in [7, 11) is 0. The van der Waals surface area contributed by atoms with E-state index in [-0.39, 0.29) is 34.0 Å². The molecule has 0 bridgehead atoms. The van der Waals surface area contributed by atoms with Crippen molar-refractivity contribution in [3.05, 3.63) is 16.5 Å². The van der Waals surface area contributed by atoms with Gasteiger partial charge in [0.1, 0.15) is 41.4 Å². The summed E-state index contributed by atoms with van der Waals surface area (Å²) in [5.41, 5.74) is 10.2. The van der Waals surface area contributed by atoms with Crippen molar-refractivity contribution in [2.45, 2.75) is 78.9 Å². The van der Waals surface area contributed by atoms with E-state index in [4.69, 9.17) is 25.7 Å². The van der Waals surface area contributed by atoms with Crippen molar-refractivity contribution < 1.29 is 33.7 Å². The predicted molar refractivity (Wildman–Crippen MR) is 136 cm³/mol. The van der Waals surface area contributed by atoms with Gasteiger partial charge in [-0.15, -0.1) is 0 Å². The Morgan fingerprint density at radius 2 is 1.76 bits per heavy atom. The summed E-state index contributed by atoms with van der Waals surface area (Å²) < 4.78 is 18.8. The summed E-state index contributed by atoms with van der Waals surface area (Å²) in [6.45, 7) is 10.4. The van der Waals surface area contributed by atoms with Gasteiger partial charge >= 0.3 is 11.9 Å². The van der Waals surface area contributed by atoms with Gasteiger partial charge in [0.15, 0.2) is 12.3 Å². The molecule has 1 saturated heterocycles. The summed E-state index contributed by atoms with van der Waals surface area (Å²) in [5.74, 6) is -1.59. The van der Waals surface area contributed by atoms with Crippen LogP contribution in [0.25, 0.3) is 11.4 Å². The lowest BCUT2D eigenvalue weighted by Crippen LogP contribution is -2.42. The van der Waals surface area contributed by atoms with Crippen molar-refractivity contribution >= 4 is 39.6 Å². The van der Waals surface area contributed by atoms with Gasteiger partial charge in [0.05, 0.1) is 22.0 Å². The molecule has 3 aliphatic heterocycles. The highest BCUT2D eigenvalue weighted by Gasteiger charge is 2.50. The molecular formula is C24H34BrN5O7. The predicted octanol–water partition coefficient (Wildman–Crippen LogP) is 2.41. The van der Waals surface area contributed by atoms with Gasteiger partial charge in [-0.2, -0.15) is 0 Å². The second kappa shape index (κ2) is 10.5. The highest BCUT2D eigenvalue weighted by molar-refractivity contribution is 9.10. The van der Waals surface area contributed by atoms with Crippen LogP contribution in [-0.4, -0.2) is 62.4 Å². The first-order chi connectivity index (χ1) is 17.2. The van der Waals surface area contributed by atoms with E-state index in [2.05, 4.69) is 25.9 Å². The molecule has 0 spiro atoms. The molecule has 4 unspecified atom stereocenters. The number of primary amides is 1. The Bertz CT molecular complexity index is 1160. The molecule has 0 saturated carbocycles. The zero-order valence-corrected chi connectivity index (χ0v) is 23.4. The van der Waals surface area contributed by atoms with Gasteiger partial charge in [-0.3, -0.25) is 19.0 Å². The van der Waals surface area contributed by atoms with E-state index >= 15 is 0 Å². The van der Waals surface area contributed by atoms with E-state index in [0.717, 1.165) is 0 Å². The Hall–Kier alpha value is -2.77. The number of esters is 2. The number of fused-ring (bicyclic) bond motifs is 1. The SMILES string of the molecule is CCC(C)(C)C(=O)OCC1OC(n2cnc(N)c3c(C(N)=O)c(Br)nc2-3)C(O)C1OC(=O)C(C)(C)CC. The number of aliphatic hydroxyl groups excluding tert-OH is 1. The molecule has 5 N–H and O–H groups in total. The molecule has 4 atom stereocenters. The molecule has 13 heteroatoms. The molecule has 1 amide bonds. The third-order valence-electron chi connectivity index (χ3n) is 7.03. The molecule has 0 aromatic heterocycles. The van der Waals surface area contributed by atoms with E-state index in [0.29, 0.717) is 12.8 Å². The number of aliphatic hydroxyl groups is 1. The molecule has 1 fully saturated rings. The Balaban J connectivity index is 1.98. The molecular weight excluding hydrogens is 550 g/mol. The molecule has 3 aliphatic rings. The van der Waals surface area contributed by atoms with E-state index < -0.39 is 53.2 Å². The van der Waals surface area contributed by atoms with Gasteiger partial charge < -0.3 is 30.8 Å². The number of nitrogens with zero attached hydrogens (tertiary/aromatic N) is 3. The van der Waals surface area contributed by atoms with Crippen molar-refractivity contribution in [1.29, 1.82) is 0 Å². The number of rotatable bonds is 9. The molecule has 0 aromatic carbocycles. The number of carbonyl (C=O) groups is 3. The standard InChI is InChI=1S/C24H34BrN5O7/c1-7-23(3,4)21(33)35-9-11-15(37-22(34)24(5,6)8-2)14(31)20(36-11)30-10-28-17(26)13-12(18(27)32)16(25)29-19(13)30/h10-11,14-15,20,31H,7-9,26H2,1-6H3,(H2,27,32). The molecule has 37 heavy (non-hydrogen) atoms. The highest BCUT2D eigenvalue weighted by atomic mass is 79.9. The number of carbonyl (C=O) groups excluding carboxylic acids is 3. The lowest BCUT2D eigenvalue weighted by molar-refractivity contribution is -0.171. The summed E-state index contributed by atoms with van der Waals surface area (Å²) in [4.78, 5) is 46.0. The molecule has 204 valence electrons. The summed E-state index contributed by atoms with van der Waals surface area (Å²) >= 11 is 3.22. The fraction of sp³-hybridized carbons (Fsp3) is 0.625. The van der Waals surface area contributed by atoms with Crippen molar-refractivity contribution in [3.63, 3.8) is 0 Å². The number of amides is 1. The zero-order chi connectivity index (χ0) is 27.9. The number of aromatic nitrogens is 3. The lowest BCUT2D eigenvalue weighted by Gasteiger charge is -2.27. The zero-order valence-electron chi connectivity index (χ0n) is 21.8. The lowest BCUT2D eigenvalue weighted by atomic mass is 9.90. The van der Waals surface area contributed by atoms with Crippen molar-refractivity contribution in [2.75, 3.05) is 12.3 Å². The first-order valence-corrected chi connectivity index (χ1v) is 12.8. The maximum Gasteiger partial charge on any atom is 0.311 e. The minimum absolute atomic E-state index is 0.00527. The molecule has 3 rings (SSSR count). The number of hydrogen-bond donors (Lipinski definition) is 3. The Kier molecular flexibility index (Phi) is 8.20. The maximum atomic E-state index is 12.9. The van der Waals surface area contributed by atoms with Crippen LogP contribution in [0.1, 0.15) is 71.0 Å². The average molecular weight is 584 g/mol. The first-order valence-electron chi connectivity index (χ1n) is 12.0. The normalized spacial score (nSPS) is 22.3. The third kappa shape index (κ3) is 5.43. The summed E-state index contributed by atoms with van der Waals surface area (Å²) in [5, 5.41) is 11.3. The number of hydrogen-bond acceptors (Lipinski definition) is 10. The fourth-order valence-electron chi connectivity index (χ4n) is 3.66. The van der Waals surface area contributed by atoms with E-state index in [9.17, 15) is 19.5 Å². The minimum atomic E-state index is -1.40. The Morgan fingerprint density at radius 1 is 1.16 bits per heavy atom. The Labute approximate surface area is 223 Å². The number of nitrogens with two attached hydrogens (primary N) is 2. The molecule has 3 heterocycles. The van der Waals surface area contributed by atoms with Crippen LogP contribution < -0.4 is 11.5 Å². The second-order valence-electron chi connectivity index (χ2n) is 10.4. The number of anilines is 1. The second-order valence-corrected chi connectivity index (χ2v) is 11.1. The first kappa shape index (κ1) is 28.8. The molecule has 12 nitrogen and oxygen atoms in total. The number of nitrogen functional groups attached to an aromatic ring is 1. The van der Waals surface area contributed by atoms with E-state index in [1.54, 1.807) is 27.7 Å².